The predicted molar refractivity (Wildman–Crippen MR) is 95.1 cm³/mol. The zero-order valence-electron chi connectivity index (χ0n) is 13.9. The van der Waals surface area contributed by atoms with E-state index in [0.29, 0.717) is 5.91 Å². The standard InChI is InChI=1S/C18H22N4OS/c1-13-15-6-11-24-16(15)5-10-22(13)17(23)14-4-2-9-21(12-14)18-19-7-3-8-20-18/h3,6-8,11,13-14H,2,4-5,9-10,12H2,1H3/t13-,14-/m1/s1. The summed E-state index contributed by atoms with van der Waals surface area (Å²) in [5.74, 6) is 1.08. The third-order valence-electron chi connectivity index (χ3n) is 5.17. The highest BCUT2D eigenvalue weighted by atomic mass is 32.1. The molecular formula is C18H22N4OS. The van der Waals surface area contributed by atoms with Gasteiger partial charge in [0, 0.05) is 36.9 Å². The molecule has 2 atom stereocenters. The number of rotatable bonds is 2. The number of piperidine rings is 1. The fourth-order valence-corrected chi connectivity index (χ4v) is 4.82. The molecule has 1 amide bonds. The Morgan fingerprint density at radius 3 is 2.96 bits per heavy atom. The highest BCUT2D eigenvalue weighted by Gasteiger charge is 2.35. The summed E-state index contributed by atoms with van der Waals surface area (Å²) in [4.78, 5) is 27.5. The van der Waals surface area contributed by atoms with Crippen molar-refractivity contribution in [2.45, 2.75) is 32.2 Å². The molecule has 6 heteroatoms. The lowest BCUT2D eigenvalue weighted by Crippen LogP contribution is -2.47. The normalized spacial score (nSPS) is 23.9. The first-order chi connectivity index (χ1) is 11.7. The SMILES string of the molecule is C[C@@H]1c2ccsc2CCN1C(=O)[C@@H]1CCCN(c2ncccn2)C1. The van der Waals surface area contributed by atoms with Crippen LogP contribution in [0.25, 0.3) is 0 Å². The van der Waals surface area contributed by atoms with Gasteiger partial charge < -0.3 is 9.80 Å². The lowest BCUT2D eigenvalue weighted by atomic mass is 9.93. The number of carbonyl (C=O) groups excluding carboxylic acids is 1. The van der Waals surface area contributed by atoms with Crippen molar-refractivity contribution < 1.29 is 4.79 Å². The minimum atomic E-state index is 0.0465. The van der Waals surface area contributed by atoms with E-state index in [1.165, 1.54) is 10.4 Å². The summed E-state index contributed by atoms with van der Waals surface area (Å²) >= 11 is 1.81. The van der Waals surface area contributed by atoms with E-state index >= 15 is 0 Å². The molecule has 0 saturated carbocycles. The van der Waals surface area contributed by atoms with Crippen LogP contribution in [0.5, 0.6) is 0 Å². The molecule has 4 rings (SSSR count). The van der Waals surface area contributed by atoms with E-state index in [9.17, 15) is 4.79 Å². The Kier molecular flexibility index (Phi) is 4.22. The Bertz CT molecular complexity index is 717. The van der Waals surface area contributed by atoms with Crippen molar-refractivity contribution in [1.82, 2.24) is 14.9 Å². The van der Waals surface area contributed by atoms with Gasteiger partial charge in [0.05, 0.1) is 12.0 Å². The van der Waals surface area contributed by atoms with Crippen molar-refractivity contribution >= 4 is 23.2 Å². The summed E-state index contributed by atoms with van der Waals surface area (Å²) in [5.41, 5.74) is 1.33. The van der Waals surface area contributed by atoms with Crippen LogP contribution >= 0.6 is 11.3 Å². The van der Waals surface area contributed by atoms with Crippen molar-refractivity contribution in [3.8, 4) is 0 Å². The van der Waals surface area contributed by atoms with E-state index in [0.717, 1.165) is 44.8 Å². The topological polar surface area (TPSA) is 49.3 Å². The van der Waals surface area contributed by atoms with Gasteiger partial charge in [-0.3, -0.25) is 4.79 Å². The van der Waals surface area contributed by atoms with Gasteiger partial charge in [-0.25, -0.2) is 9.97 Å². The lowest BCUT2D eigenvalue weighted by Gasteiger charge is -2.39. The molecule has 2 aliphatic rings. The van der Waals surface area contributed by atoms with Crippen molar-refractivity contribution in [3.63, 3.8) is 0 Å². The first-order valence-corrected chi connectivity index (χ1v) is 9.50. The Morgan fingerprint density at radius 2 is 2.12 bits per heavy atom. The van der Waals surface area contributed by atoms with Crippen LogP contribution < -0.4 is 4.90 Å². The zero-order valence-corrected chi connectivity index (χ0v) is 14.7. The average molecular weight is 342 g/mol. The molecule has 0 aromatic carbocycles. The number of hydrogen-bond donors (Lipinski definition) is 0. The smallest absolute Gasteiger partial charge is 0.227 e. The maximum atomic E-state index is 13.1. The van der Waals surface area contributed by atoms with Gasteiger partial charge in [0.25, 0.3) is 0 Å². The van der Waals surface area contributed by atoms with Gasteiger partial charge in [0.2, 0.25) is 11.9 Å². The van der Waals surface area contributed by atoms with Gasteiger partial charge in [-0.2, -0.15) is 0 Å². The molecule has 5 nitrogen and oxygen atoms in total. The quantitative estimate of drug-likeness (QED) is 0.842. The number of hydrogen-bond acceptors (Lipinski definition) is 5. The molecule has 0 spiro atoms. The average Bonchev–Trinajstić information content (AvgIpc) is 3.12. The third-order valence-corrected chi connectivity index (χ3v) is 6.16. The molecule has 1 saturated heterocycles. The van der Waals surface area contributed by atoms with Gasteiger partial charge in [0.1, 0.15) is 0 Å². The van der Waals surface area contributed by atoms with E-state index in [4.69, 9.17) is 0 Å². The lowest BCUT2D eigenvalue weighted by molar-refractivity contribution is -0.138. The highest BCUT2D eigenvalue weighted by molar-refractivity contribution is 7.10. The molecule has 2 aliphatic heterocycles. The van der Waals surface area contributed by atoms with Crippen LogP contribution in [0.1, 0.15) is 36.2 Å². The second-order valence-corrected chi connectivity index (χ2v) is 7.59. The number of fused-ring (bicyclic) bond motifs is 1. The highest BCUT2D eigenvalue weighted by Crippen LogP contribution is 2.34. The molecule has 2 aromatic rings. The van der Waals surface area contributed by atoms with Crippen molar-refractivity contribution in [3.05, 3.63) is 40.3 Å². The summed E-state index contributed by atoms with van der Waals surface area (Å²) in [5, 5.41) is 2.14. The first kappa shape index (κ1) is 15.6. The van der Waals surface area contributed by atoms with Crippen LogP contribution in [0.4, 0.5) is 5.95 Å². The molecule has 2 aromatic heterocycles. The van der Waals surface area contributed by atoms with E-state index in [1.807, 2.05) is 17.4 Å². The maximum Gasteiger partial charge on any atom is 0.227 e. The van der Waals surface area contributed by atoms with Gasteiger partial charge in [0.15, 0.2) is 0 Å². The largest absolute Gasteiger partial charge is 0.340 e. The molecule has 24 heavy (non-hydrogen) atoms. The second-order valence-electron chi connectivity index (χ2n) is 6.59. The minimum absolute atomic E-state index is 0.0465. The van der Waals surface area contributed by atoms with Crippen molar-refractivity contribution in [1.29, 1.82) is 0 Å². The second kappa shape index (κ2) is 6.51. The van der Waals surface area contributed by atoms with Gasteiger partial charge >= 0.3 is 0 Å². The van der Waals surface area contributed by atoms with E-state index in [2.05, 4.69) is 38.1 Å². The van der Waals surface area contributed by atoms with Crippen LogP contribution in [-0.2, 0) is 11.2 Å². The summed E-state index contributed by atoms with van der Waals surface area (Å²) in [6, 6.07) is 4.19. The van der Waals surface area contributed by atoms with Crippen LogP contribution in [0.2, 0.25) is 0 Å². The van der Waals surface area contributed by atoms with Gasteiger partial charge in [-0.15, -0.1) is 11.3 Å². The molecule has 0 N–H and O–H groups in total. The van der Waals surface area contributed by atoms with Gasteiger partial charge in [-0.1, -0.05) is 0 Å². The van der Waals surface area contributed by atoms with E-state index in [-0.39, 0.29) is 12.0 Å². The molecule has 0 unspecified atom stereocenters. The van der Waals surface area contributed by atoms with Gasteiger partial charge in [-0.05, 0) is 49.3 Å². The van der Waals surface area contributed by atoms with Crippen LogP contribution in [0.15, 0.2) is 29.9 Å². The first-order valence-electron chi connectivity index (χ1n) is 8.63. The zero-order chi connectivity index (χ0) is 16.5. The van der Waals surface area contributed by atoms with E-state index < -0.39 is 0 Å². The Labute approximate surface area is 146 Å². The molecule has 0 radical (unpaired) electrons. The Morgan fingerprint density at radius 1 is 1.29 bits per heavy atom. The fraction of sp³-hybridized carbons (Fsp3) is 0.500. The fourth-order valence-electron chi connectivity index (χ4n) is 3.86. The maximum absolute atomic E-state index is 13.1. The monoisotopic (exact) mass is 342 g/mol. The molecule has 4 heterocycles. The molecule has 1 fully saturated rings. The van der Waals surface area contributed by atoms with Crippen LogP contribution in [-0.4, -0.2) is 40.4 Å². The number of carbonyl (C=O) groups is 1. The summed E-state index contributed by atoms with van der Waals surface area (Å²) in [6.45, 7) is 4.65. The molecule has 126 valence electrons. The number of thiophene rings is 1. The van der Waals surface area contributed by atoms with Crippen molar-refractivity contribution in [2.24, 2.45) is 5.92 Å². The summed E-state index contributed by atoms with van der Waals surface area (Å²) in [6.07, 6.45) is 6.49. The number of aromatic nitrogens is 2. The number of amides is 1. The summed E-state index contributed by atoms with van der Waals surface area (Å²) < 4.78 is 0. The number of anilines is 1. The Hall–Kier alpha value is -1.95. The van der Waals surface area contributed by atoms with Crippen LogP contribution in [0, 0.1) is 5.92 Å². The van der Waals surface area contributed by atoms with Crippen molar-refractivity contribution in [2.75, 3.05) is 24.5 Å². The minimum Gasteiger partial charge on any atom is -0.340 e. The number of nitrogens with zero attached hydrogens (tertiary/aromatic N) is 4. The summed E-state index contributed by atoms with van der Waals surface area (Å²) in [7, 11) is 0. The molecule has 0 aliphatic carbocycles. The predicted octanol–water partition coefficient (Wildman–Crippen LogP) is 2.90. The Balaban J connectivity index is 1.48. The van der Waals surface area contributed by atoms with Crippen LogP contribution in [0.3, 0.4) is 0 Å². The molecule has 0 bridgehead atoms. The van der Waals surface area contributed by atoms with E-state index in [1.54, 1.807) is 12.4 Å². The third kappa shape index (κ3) is 2.79. The molecular weight excluding hydrogens is 320 g/mol.